The molecule has 10 heavy (non-hydrogen) atoms. The Labute approximate surface area is 75.7 Å². The molecule has 0 spiro atoms. The Balaban J connectivity index is 2.01. The van der Waals surface area contributed by atoms with Gasteiger partial charge in [0.1, 0.15) is 0 Å². The summed E-state index contributed by atoms with van der Waals surface area (Å²) in [6, 6.07) is 0. The normalized spacial score (nSPS) is 40.5. The lowest BCUT2D eigenvalue weighted by atomic mass is 10.5. The fourth-order valence-electron chi connectivity index (χ4n) is 1.45. The van der Waals surface area contributed by atoms with Gasteiger partial charge in [-0.1, -0.05) is 0 Å². The first kappa shape index (κ1) is 7.65. The van der Waals surface area contributed by atoms with E-state index in [4.69, 9.17) is 0 Å². The topological polar surface area (TPSA) is 3.24 Å². The standard InChI is InChI=1S/C6H11NS3/c8-3-5-7-1-2-9-6(7)4-10-5/h5-6,8H,1-4H2/t5-,6-/m1/s1. The number of thiol groups is 1. The lowest BCUT2D eigenvalue weighted by Crippen LogP contribution is -2.31. The Morgan fingerprint density at radius 1 is 1.50 bits per heavy atom. The molecule has 0 aromatic carbocycles. The first-order valence-corrected chi connectivity index (χ1v) is 6.24. The fraction of sp³-hybridized carbons (Fsp3) is 1.00. The van der Waals surface area contributed by atoms with E-state index in [-0.39, 0.29) is 0 Å². The number of nitrogens with zero attached hydrogens (tertiary/aromatic N) is 1. The van der Waals surface area contributed by atoms with E-state index < -0.39 is 0 Å². The largest absolute Gasteiger partial charge is 0.277 e. The fourth-order valence-corrected chi connectivity index (χ4v) is 4.84. The van der Waals surface area contributed by atoms with Crippen LogP contribution in [0.2, 0.25) is 0 Å². The van der Waals surface area contributed by atoms with E-state index >= 15 is 0 Å². The van der Waals surface area contributed by atoms with Crippen molar-refractivity contribution in [3.63, 3.8) is 0 Å². The van der Waals surface area contributed by atoms with Crippen LogP contribution in [0.5, 0.6) is 0 Å². The van der Waals surface area contributed by atoms with Crippen molar-refractivity contribution in [1.29, 1.82) is 0 Å². The summed E-state index contributed by atoms with van der Waals surface area (Å²) < 4.78 is 0. The number of rotatable bonds is 1. The molecular weight excluding hydrogens is 182 g/mol. The Hall–Kier alpha value is 1.01. The van der Waals surface area contributed by atoms with Crippen molar-refractivity contribution in [2.24, 2.45) is 0 Å². The summed E-state index contributed by atoms with van der Waals surface area (Å²) in [6.07, 6.45) is 0. The van der Waals surface area contributed by atoms with Crippen molar-refractivity contribution in [2.45, 2.75) is 10.7 Å². The second-order valence-electron chi connectivity index (χ2n) is 2.53. The minimum Gasteiger partial charge on any atom is -0.277 e. The van der Waals surface area contributed by atoms with Gasteiger partial charge >= 0.3 is 0 Å². The van der Waals surface area contributed by atoms with Gasteiger partial charge in [-0.3, -0.25) is 4.90 Å². The summed E-state index contributed by atoms with van der Waals surface area (Å²) in [6.45, 7) is 1.29. The Bertz CT molecular complexity index is 130. The molecule has 2 heterocycles. The van der Waals surface area contributed by atoms with Gasteiger partial charge in [0.2, 0.25) is 0 Å². The summed E-state index contributed by atoms with van der Waals surface area (Å²) in [4.78, 5) is 2.59. The molecule has 2 saturated heterocycles. The molecular formula is C6H11NS3. The molecule has 0 amide bonds. The second-order valence-corrected chi connectivity index (χ2v) is 5.40. The number of hydrogen-bond acceptors (Lipinski definition) is 4. The minimum absolute atomic E-state index is 0.711. The molecule has 1 nitrogen and oxygen atoms in total. The zero-order valence-corrected chi connectivity index (χ0v) is 8.22. The number of fused-ring (bicyclic) bond motifs is 1. The van der Waals surface area contributed by atoms with Crippen LogP contribution in [0.1, 0.15) is 0 Å². The van der Waals surface area contributed by atoms with Crippen LogP contribution in [-0.2, 0) is 0 Å². The SMILES string of the molecule is SC[C@H]1SC[C@H]2SCCN12. The third-order valence-electron chi connectivity index (χ3n) is 1.99. The van der Waals surface area contributed by atoms with E-state index in [0.29, 0.717) is 5.37 Å². The highest BCUT2D eigenvalue weighted by molar-refractivity contribution is 8.04. The van der Waals surface area contributed by atoms with Crippen LogP contribution in [0.15, 0.2) is 0 Å². The molecule has 0 aromatic heterocycles. The van der Waals surface area contributed by atoms with E-state index in [9.17, 15) is 0 Å². The average Bonchev–Trinajstić information content (AvgIpc) is 2.44. The minimum atomic E-state index is 0.711. The summed E-state index contributed by atoms with van der Waals surface area (Å²) >= 11 is 8.49. The summed E-state index contributed by atoms with van der Waals surface area (Å²) in [7, 11) is 0. The molecule has 2 aliphatic rings. The van der Waals surface area contributed by atoms with Crippen LogP contribution < -0.4 is 0 Å². The zero-order chi connectivity index (χ0) is 6.97. The van der Waals surface area contributed by atoms with Crippen LogP contribution in [0.3, 0.4) is 0 Å². The van der Waals surface area contributed by atoms with Crippen molar-refractivity contribution in [2.75, 3.05) is 23.8 Å². The highest BCUT2D eigenvalue weighted by atomic mass is 32.2. The maximum Gasteiger partial charge on any atom is 0.0659 e. The molecule has 0 aromatic rings. The third-order valence-corrected chi connectivity index (χ3v) is 5.36. The first-order chi connectivity index (χ1) is 4.92. The van der Waals surface area contributed by atoms with Gasteiger partial charge in [-0.2, -0.15) is 12.6 Å². The van der Waals surface area contributed by atoms with Crippen molar-refractivity contribution in [3.8, 4) is 0 Å². The van der Waals surface area contributed by atoms with Crippen LogP contribution >= 0.6 is 36.2 Å². The number of thioether (sulfide) groups is 2. The molecule has 2 rings (SSSR count). The Morgan fingerprint density at radius 3 is 3.20 bits per heavy atom. The maximum absolute atomic E-state index is 4.33. The van der Waals surface area contributed by atoms with Crippen molar-refractivity contribution in [3.05, 3.63) is 0 Å². The first-order valence-electron chi connectivity index (χ1n) is 3.51. The molecule has 58 valence electrons. The predicted molar refractivity (Wildman–Crippen MR) is 53.1 cm³/mol. The molecule has 0 unspecified atom stereocenters. The van der Waals surface area contributed by atoms with Crippen LogP contribution in [0.25, 0.3) is 0 Å². The Kier molecular flexibility index (Phi) is 2.42. The molecule has 0 N–H and O–H groups in total. The third kappa shape index (κ3) is 1.19. The smallest absolute Gasteiger partial charge is 0.0659 e. The van der Waals surface area contributed by atoms with Gasteiger partial charge in [0.05, 0.1) is 10.7 Å². The van der Waals surface area contributed by atoms with Gasteiger partial charge < -0.3 is 0 Å². The van der Waals surface area contributed by atoms with E-state index in [1.54, 1.807) is 0 Å². The quantitative estimate of drug-likeness (QED) is 0.627. The van der Waals surface area contributed by atoms with E-state index in [2.05, 4.69) is 41.1 Å². The maximum atomic E-state index is 4.33. The molecule has 2 aliphatic heterocycles. The van der Waals surface area contributed by atoms with Crippen molar-refractivity contribution < 1.29 is 0 Å². The van der Waals surface area contributed by atoms with Gasteiger partial charge in [-0.05, 0) is 0 Å². The lowest BCUT2D eigenvalue weighted by Gasteiger charge is -2.19. The summed E-state index contributed by atoms with van der Waals surface area (Å²) in [5.41, 5.74) is 0. The predicted octanol–water partition coefficient (Wildman–Crippen LogP) is 1.36. The number of hydrogen-bond donors (Lipinski definition) is 1. The van der Waals surface area contributed by atoms with E-state index in [0.717, 1.165) is 11.1 Å². The molecule has 2 fully saturated rings. The monoisotopic (exact) mass is 193 g/mol. The summed E-state index contributed by atoms with van der Waals surface area (Å²) in [5.74, 6) is 3.66. The average molecular weight is 193 g/mol. The highest BCUT2D eigenvalue weighted by Crippen LogP contribution is 2.39. The molecule has 0 saturated carbocycles. The van der Waals surface area contributed by atoms with Gasteiger partial charge in [-0.15, -0.1) is 23.5 Å². The molecule has 0 bridgehead atoms. The summed E-state index contributed by atoms with van der Waals surface area (Å²) in [5, 5.41) is 1.53. The Morgan fingerprint density at radius 2 is 2.40 bits per heavy atom. The lowest BCUT2D eigenvalue weighted by molar-refractivity contribution is 0.316. The second kappa shape index (κ2) is 3.17. The van der Waals surface area contributed by atoms with E-state index in [1.165, 1.54) is 18.1 Å². The van der Waals surface area contributed by atoms with Gasteiger partial charge in [0, 0.05) is 23.8 Å². The van der Waals surface area contributed by atoms with Gasteiger partial charge in [0.15, 0.2) is 0 Å². The zero-order valence-electron chi connectivity index (χ0n) is 5.69. The highest BCUT2D eigenvalue weighted by Gasteiger charge is 2.36. The van der Waals surface area contributed by atoms with E-state index in [1.807, 2.05) is 0 Å². The molecule has 0 radical (unpaired) electrons. The van der Waals surface area contributed by atoms with Crippen LogP contribution in [0, 0.1) is 0 Å². The van der Waals surface area contributed by atoms with Gasteiger partial charge in [0.25, 0.3) is 0 Å². The van der Waals surface area contributed by atoms with Crippen LogP contribution in [0.4, 0.5) is 0 Å². The molecule has 0 aliphatic carbocycles. The van der Waals surface area contributed by atoms with Crippen molar-refractivity contribution in [1.82, 2.24) is 4.90 Å². The van der Waals surface area contributed by atoms with Crippen LogP contribution in [-0.4, -0.2) is 39.5 Å². The molecule has 2 atom stereocenters. The molecule has 4 heteroatoms. The van der Waals surface area contributed by atoms with Gasteiger partial charge in [-0.25, -0.2) is 0 Å². The van der Waals surface area contributed by atoms with Crippen molar-refractivity contribution >= 4 is 36.2 Å².